The minimum absolute atomic E-state index is 0.0221. The van der Waals surface area contributed by atoms with E-state index < -0.39 is 0 Å². The van der Waals surface area contributed by atoms with Crippen molar-refractivity contribution in [2.75, 3.05) is 5.32 Å². The SMILES string of the molecule is CCCCc1nc2cc(NC=C(C#N)C#N)ccc2o1. The largest absolute Gasteiger partial charge is 0.441 e. The van der Waals surface area contributed by atoms with Gasteiger partial charge in [0.15, 0.2) is 11.5 Å². The zero-order chi connectivity index (χ0) is 14.4. The summed E-state index contributed by atoms with van der Waals surface area (Å²) in [5.41, 5.74) is 2.29. The van der Waals surface area contributed by atoms with Crippen molar-refractivity contribution >= 4 is 16.8 Å². The van der Waals surface area contributed by atoms with Crippen LogP contribution < -0.4 is 5.32 Å². The number of aromatic nitrogens is 1. The van der Waals surface area contributed by atoms with Crippen LogP contribution in [-0.2, 0) is 6.42 Å². The molecule has 5 heteroatoms. The van der Waals surface area contributed by atoms with Crippen molar-refractivity contribution in [1.82, 2.24) is 4.98 Å². The third-order valence-corrected chi connectivity index (χ3v) is 2.80. The third-order valence-electron chi connectivity index (χ3n) is 2.80. The lowest BCUT2D eigenvalue weighted by Gasteiger charge is -1.98. The van der Waals surface area contributed by atoms with Crippen molar-refractivity contribution in [3.05, 3.63) is 35.9 Å². The van der Waals surface area contributed by atoms with Crippen LogP contribution in [0, 0.1) is 22.7 Å². The Morgan fingerprint density at radius 3 is 2.90 bits per heavy atom. The third kappa shape index (κ3) is 3.15. The highest BCUT2D eigenvalue weighted by atomic mass is 16.3. The van der Waals surface area contributed by atoms with E-state index in [1.807, 2.05) is 18.2 Å². The Balaban J connectivity index is 2.19. The molecule has 0 bridgehead atoms. The Kier molecular flexibility index (Phi) is 4.36. The molecule has 0 aliphatic rings. The number of fused-ring (bicyclic) bond motifs is 1. The minimum atomic E-state index is 0.0221. The molecule has 1 aromatic carbocycles. The number of oxazole rings is 1. The molecule has 0 aliphatic heterocycles. The first-order chi connectivity index (χ1) is 9.76. The summed E-state index contributed by atoms with van der Waals surface area (Å²) in [6.07, 6.45) is 4.36. The van der Waals surface area contributed by atoms with Crippen molar-refractivity contribution in [1.29, 1.82) is 10.5 Å². The van der Waals surface area contributed by atoms with E-state index in [0.29, 0.717) is 0 Å². The molecule has 0 radical (unpaired) electrons. The second-order valence-electron chi connectivity index (χ2n) is 4.32. The van der Waals surface area contributed by atoms with Gasteiger partial charge in [-0.2, -0.15) is 10.5 Å². The normalized spacial score (nSPS) is 9.75. The van der Waals surface area contributed by atoms with Crippen molar-refractivity contribution < 1.29 is 4.42 Å². The second kappa shape index (κ2) is 6.40. The Labute approximate surface area is 117 Å². The molecule has 2 aromatic rings. The maximum absolute atomic E-state index is 8.65. The maximum Gasteiger partial charge on any atom is 0.195 e. The molecule has 0 fully saturated rings. The second-order valence-corrected chi connectivity index (χ2v) is 4.32. The fourth-order valence-electron chi connectivity index (χ4n) is 1.74. The molecule has 0 atom stereocenters. The fourth-order valence-corrected chi connectivity index (χ4v) is 1.74. The van der Waals surface area contributed by atoms with E-state index in [-0.39, 0.29) is 5.57 Å². The van der Waals surface area contributed by atoms with E-state index in [2.05, 4.69) is 17.2 Å². The average Bonchev–Trinajstić information content (AvgIpc) is 2.88. The van der Waals surface area contributed by atoms with E-state index >= 15 is 0 Å². The number of hydrogen-bond acceptors (Lipinski definition) is 5. The smallest absolute Gasteiger partial charge is 0.195 e. The molecule has 1 N–H and O–H groups in total. The first-order valence-corrected chi connectivity index (χ1v) is 6.43. The summed E-state index contributed by atoms with van der Waals surface area (Å²) in [5, 5.41) is 20.2. The number of benzene rings is 1. The maximum atomic E-state index is 8.65. The molecule has 0 saturated heterocycles. The molecular weight excluding hydrogens is 252 g/mol. The van der Waals surface area contributed by atoms with Crippen LogP contribution in [0.2, 0.25) is 0 Å². The number of nitriles is 2. The Morgan fingerprint density at radius 1 is 1.40 bits per heavy atom. The van der Waals surface area contributed by atoms with Crippen molar-refractivity contribution in [2.45, 2.75) is 26.2 Å². The summed E-state index contributed by atoms with van der Waals surface area (Å²) in [4.78, 5) is 4.42. The first kappa shape index (κ1) is 13.6. The molecule has 0 saturated carbocycles. The van der Waals surface area contributed by atoms with Crippen LogP contribution >= 0.6 is 0 Å². The molecule has 0 spiro atoms. The molecule has 100 valence electrons. The predicted molar refractivity (Wildman–Crippen MR) is 75.6 cm³/mol. The van der Waals surface area contributed by atoms with E-state index in [0.717, 1.165) is 41.9 Å². The van der Waals surface area contributed by atoms with Gasteiger partial charge in [-0.3, -0.25) is 0 Å². The van der Waals surface area contributed by atoms with Crippen LogP contribution in [0.3, 0.4) is 0 Å². The van der Waals surface area contributed by atoms with E-state index in [4.69, 9.17) is 14.9 Å². The topological polar surface area (TPSA) is 85.6 Å². The summed E-state index contributed by atoms with van der Waals surface area (Å²) in [6, 6.07) is 9.06. The lowest BCUT2D eigenvalue weighted by molar-refractivity contribution is 0.517. The Hall–Kier alpha value is -2.79. The molecule has 20 heavy (non-hydrogen) atoms. The Morgan fingerprint density at radius 2 is 2.20 bits per heavy atom. The van der Waals surface area contributed by atoms with Crippen LogP contribution in [0.5, 0.6) is 0 Å². The minimum Gasteiger partial charge on any atom is -0.441 e. The molecule has 1 heterocycles. The summed E-state index contributed by atoms with van der Waals surface area (Å²) in [7, 11) is 0. The highest BCUT2D eigenvalue weighted by Crippen LogP contribution is 2.21. The summed E-state index contributed by atoms with van der Waals surface area (Å²) in [6.45, 7) is 2.12. The van der Waals surface area contributed by atoms with Crippen molar-refractivity contribution in [3.8, 4) is 12.1 Å². The van der Waals surface area contributed by atoms with Gasteiger partial charge in [0, 0.05) is 18.3 Å². The lowest BCUT2D eigenvalue weighted by atomic mass is 10.2. The molecule has 2 rings (SSSR count). The van der Waals surface area contributed by atoms with Gasteiger partial charge in [-0.15, -0.1) is 0 Å². The van der Waals surface area contributed by atoms with Crippen LogP contribution in [0.25, 0.3) is 11.1 Å². The molecule has 0 amide bonds. The lowest BCUT2D eigenvalue weighted by Crippen LogP contribution is -1.89. The standard InChI is InChI=1S/C15H14N4O/c1-2-3-4-15-19-13-7-12(5-6-14(13)20-15)18-10-11(8-16)9-17/h5-7,10,18H,2-4H2,1H3. The quantitative estimate of drug-likeness (QED) is 0.837. The van der Waals surface area contributed by atoms with Crippen molar-refractivity contribution in [3.63, 3.8) is 0 Å². The highest BCUT2D eigenvalue weighted by molar-refractivity contribution is 5.77. The van der Waals surface area contributed by atoms with Crippen LogP contribution in [0.15, 0.2) is 34.4 Å². The average molecular weight is 266 g/mol. The molecule has 5 nitrogen and oxygen atoms in total. The molecular formula is C15H14N4O. The number of nitrogens with one attached hydrogen (secondary N) is 1. The number of unbranched alkanes of at least 4 members (excludes halogenated alkanes) is 1. The van der Waals surface area contributed by atoms with E-state index in [9.17, 15) is 0 Å². The number of allylic oxidation sites excluding steroid dienone is 1. The summed E-state index contributed by atoms with van der Waals surface area (Å²) >= 11 is 0. The van der Waals surface area contributed by atoms with Gasteiger partial charge in [-0.05, 0) is 24.6 Å². The van der Waals surface area contributed by atoms with E-state index in [1.54, 1.807) is 12.1 Å². The fraction of sp³-hybridized carbons (Fsp3) is 0.267. The van der Waals surface area contributed by atoms with Gasteiger partial charge in [0.05, 0.1) is 0 Å². The number of rotatable bonds is 5. The van der Waals surface area contributed by atoms with Gasteiger partial charge in [-0.25, -0.2) is 4.98 Å². The van der Waals surface area contributed by atoms with Gasteiger partial charge in [-0.1, -0.05) is 13.3 Å². The molecule has 0 aliphatic carbocycles. The Bertz CT molecular complexity index is 700. The van der Waals surface area contributed by atoms with Gasteiger partial charge in [0.1, 0.15) is 23.2 Å². The zero-order valence-electron chi connectivity index (χ0n) is 11.2. The van der Waals surface area contributed by atoms with Crippen molar-refractivity contribution in [2.24, 2.45) is 0 Å². The van der Waals surface area contributed by atoms with Crippen LogP contribution in [0.4, 0.5) is 5.69 Å². The van der Waals surface area contributed by atoms with Gasteiger partial charge >= 0.3 is 0 Å². The number of hydrogen-bond donors (Lipinski definition) is 1. The van der Waals surface area contributed by atoms with Crippen LogP contribution in [0.1, 0.15) is 25.7 Å². The predicted octanol–water partition coefficient (Wildman–Crippen LogP) is 3.51. The summed E-state index contributed by atoms with van der Waals surface area (Å²) < 4.78 is 5.63. The van der Waals surface area contributed by atoms with Crippen LogP contribution in [-0.4, -0.2) is 4.98 Å². The molecule has 1 aromatic heterocycles. The van der Waals surface area contributed by atoms with Gasteiger partial charge in [0.25, 0.3) is 0 Å². The number of aryl methyl sites for hydroxylation is 1. The zero-order valence-corrected chi connectivity index (χ0v) is 11.2. The van der Waals surface area contributed by atoms with E-state index in [1.165, 1.54) is 6.20 Å². The summed E-state index contributed by atoms with van der Waals surface area (Å²) in [5.74, 6) is 0.740. The van der Waals surface area contributed by atoms with Gasteiger partial charge in [0.2, 0.25) is 0 Å². The highest BCUT2D eigenvalue weighted by Gasteiger charge is 2.05. The number of anilines is 1. The van der Waals surface area contributed by atoms with Gasteiger partial charge < -0.3 is 9.73 Å². The number of nitrogens with zero attached hydrogens (tertiary/aromatic N) is 3. The first-order valence-electron chi connectivity index (χ1n) is 6.43. The monoisotopic (exact) mass is 266 g/mol. The molecule has 0 unspecified atom stereocenters.